The first-order valence-corrected chi connectivity index (χ1v) is 7.15. The Hall–Kier alpha value is -1.79. The van der Waals surface area contributed by atoms with Crippen LogP contribution in [0, 0.1) is 18.8 Å². The van der Waals surface area contributed by atoms with E-state index >= 15 is 0 Å². The molecule has 0 radical (unpaired) electrons. The third kappa shape index (κ3) is 4.71. The van der Waals surface area contributed by atoms with Gasteiger partial charge in [-0.2, -0.15) is 0 Å². The smallest absolute Gasteiger partial charge is 0.253 e. The lowest BCUT2D eigenvalue weighted by atomic mass is 10.0. The Morgan fingerprint density at radius 2 is 2.10 bits per heavy atom. The van der Waals surface area contributed by atoms with Crippen LogP contribution in [-0.2, 0) is 0 Å². The molecule has 0 unspecified atom stereocenters. The fraction of sp³-hybridized carbons (Fsp3) is 0.471. The van der Waals surface area contributed by atoms with Crippen molar-refractivity contribution in [3.05, 3.63) is 34.9 Å². The number of carbonyl (C=O) groups excluding carboxylic acids is 1. The van der Waals surface area contributed by atoms with Crippen LogP contribution >= 0.6 is 0 Å². The molecule has 1 amide bonds. The maximum absolute atomic E-state index is 12.3. The van der Waals surface area contributed by atoms with Crippen LogP contribution in [0.3, 0.4) is 0 Å². The van der Waals surface area contributed by atoms with Crippen molar-refractivity contribution in [3.8, 4) is 11.8 Å². The van der Waals surface area contributed by atoms with Gasteiger partial charge in [0.1, 0.15) is 0 Å². The molecule has 1 rings (SSSR count). The Labute approximate surface area is 122 Å². The highest BCUT2D eigenvalue weighted by molar-refractivity contribution is 5.94. The van der Waals surface area contributed by atoms with E-state index in [-0.39, 0.29) is 5.91 Å². The van der Waals surface area contributed by atoms with E-state index in [2.05, 4.69) is 18.8 Å². The average Bonchev–Trinajstić information content (AvgIpc) is 2.45. The summed E-state index contributed by atoms with van der Waals surface area (Å²) in [5.41, 5.74) is 8.03. The molecule has 0 aliphatic rings. The van der Waals surface area contributed by atoms with Crippen LogP contribution in [0.1, 0.15) is 47.7 Å². The summed E-state index contributed by atoms with van der Waals surface area (Å²) in [6.07, 6.45) is 3.37. The second-order valence-electron chi connectivity index (χ2n) is 4.97. The Morgan fingerprint density at radius 1 is 1.35 bits per heavy atom. The molecule has 3 heteroatoms. The molecule has 0 atom stereocenters. The number of unbranched alkanes of at least 4 members (excludes halogenated alkanes) is 2. The summed E-state index contributed by atoms with van der Waals surface area (Å²) in [6.45, 7) is 5.28. The molecule has 108 valence electrons. The van der Waals surface area contributed by atoms with Crippen LogP contribution in [0.25, 0.3) is 0 Å². The van der Waals surface area contributed by atoms with Crippen LogP contribution in [0.5, 0.6) is 0 Å². The van der Waals surface area contributed by atoms with E-state index in [1.807, 2.05) is 32.2 Å². The van der Waals surface area contributed by atoms with Gasteiger partial charge in [0, 0.05) is 24.7 Å². The number of aryl methyl sites for hydroxylation is 1. The molecule has 1 aromatic carbocycles. The summed E-state index contributed by atoms with van der Waals surface area (Å²) < 4.78 is 0. The standard InChI is InChI=1S/C17H24N2O/c1-4-5-6-12-19(3)17(20)16-10-9-15(8-7-11-18)14(2)13-16/h9-10,13H,4-6,11-12,18H2,1-3H3. The first kappa shape index (κ1) is 16.3. The summed E-state index contributed by atoms with van der Waals surface area (Å²) in [5.74, 6) is 5.92. The minimum atomic E-state index is 0.0718. The van der Waals surface area contributed by atoms with Gasteiger partial charge in [-0.3, -0.25) is 4.79 Å². The normalized spacial score (nSPS) is 9.80. The molecule has 20 heavy (non-hydrogen) atoms. The maximum Gasteiger partial charge on any atom is 0.253 e. The Kier molecular flexibility index (Phi) is 6.83. The van der Waals surface area contributed by atoms with Gasteiger partial charge in [0.25, 0.3) is 5.91 Å². The van der Waals surface area contributed by atoms with Crippen molar-refractivity contribution >= 4 is 5.91 Å². The van der Waals surface area contributed by atoms with Gasteiger partial charge in [0.15, 0.2) is 0 Å². The third-order valence-corrected chi connectivity index (χ3v) is 3.24. The number of benzene rings is 1. The molecule has 3 nitrogen and oxygen atoms in total. The van der Waals surface area contributed by atoms with Crippen LogP contribution in [0.15, 0.2) is 18.2 Å². The summed E-state index contributed by atoms with van der Waals surface area (Å²) in [6, 6.07) is 5.64. The lowest BCUT2D eigenvalue weighted by molar-refractivity contribution is 0.0792. The highest BCUT2D eigenvalue weighted by atomic mass is 16.2. The van der Waals surface area contributed by atoms with Gasteiger partial charge < -0.3 is 10.6 Å². The van der Waals surface area contributed by atoms with E-state index in [0.717, 1.165) is 42.5 Å². The summed E-state index contributed by atoms with van der Waals surface area (Å²) in [4.78, 5) is 14.1. The zero-order valence-electron chi connectivity index (χ0n) is 12.7. The fourth-order valence-electron chi connectivity index (χ4n) is 2.00. The van der Waals surface area contributed by atoms with Gasteiger partial charge in [0.2, 0.25) is 0 Å². The van der Waals surface area contributed by atoms with Gasteiger partial charge in [-0.1, -0.05) is 31.6 Å². The molecule has 0 aromatic heterocycles. The summed E-state index contributed by atoms with van der Waals surface area (Å²) in [7, 11) is 1.86. The first-order chi connectivity index (χ1) is 9.60. The highest BCUT2D eigenvalue weighted by Gasteiger charge is 2.11. The van der Waals surface area contributed by atoms with E-state index in [1.54, 1.807) is 4.90 Å². The van der Waals surface area contributed by atoms with E-state index < -0.39 is 0 Å². The number of hydrogen-bond acceptors (Lipinski definition) is 2. The second kappa shape index (κ2) is 8.39. The molecular formula is C17H24N2O. The summed E-state index contributed by atoms with van der Waals surface area (Å²) in [5, 5.41) is 0. The van der Waals surface area contributed by atoms with Gasteiger partial charge in [-0.05, 0) is 37.1 Å². The predicted octanol–water partition coefficient (Wildman–Crippen LogP) is 2.57. The molecule has 0 aliphatic carbocycles. The molecule has 0 saturated heterocycles. The predicted molar refractivity (Wildman–Crippen MR) is 83.6 cm³/mol. The Balaban J connectivity index is 2.76. The van der Waals surface area contributed by atoms with Crippen molar-refractivity contribution in [3.63, 3.8) is 0 Å². The molecule has 2 N–H and O–H groups in total. The van der Waals surface area contributed by atoms with Gasteiger partial charge >= 0.3 is 0 Å². The van der Waals surface area contributed by atoms with E-state index in [4.69, 9.17) is 5.73 Å². The Morgan fingerprint density at radius 3 is 2.70 bits per heavy atom. The number of rotatable bonds is 5. The molecule has 0 aliphatic heterocycles. The maximum atomic E-state index is 12.3. The molecule has 1 aromatic rings. The number of hydrogen-bond donors (Lipinski definition) is 1. The molecule has 0 bridgehead atoms. The quantitative estimate of drug-likeness (QED) is 0.661. The number of amides is 1. The second-order valence-corrected chi connectivity index (χ2v) is 4.97. The summed E-state index contributed by atoms with van der Waals surface area (Å²) >= 11 is 0. The van der Waals surface area contributed by atoms with Crippen molar-refractivity contribution < 1.29 is 4.79 Å². The van der Waals surface area contributed by atoms with Gasteiger partial charge in [0.05, 0.1) is 6.54 Å². The zero-order valence-corrected chi connectivity index (χ0v) is 12.7. The Bertz CT molecular complexity index is 511. The van der Waals surface area contributed by atoms with Crippen molar-refractivity contribution in [1.82, 2.24) is 4.90 Å². The lowest BCUT2D eigenvalue weighted by Crippen LogP contribution is -2.27. The SMILES string of the molecule is CCCCCN(C)C(=O)c1ccc(C#CCN)c(C)c1. The molecular weight excluding hydrogens is 248 g/mol. The third-order valence-electron chi connectivity index (χ3n) is 3.24. The molecule has 0 spiro atoms. The average molecular weight is 272 g/mol. The van der Waals surface area contributed by atoms with Crippen molar-refractivity contribution in [1.29, 1.82) is 0 Å². The van der Waals surface area contributed by atoms with Crippen LogP contribution in [-0.4, -0.2) is 30.9 Å². The lowest BCUT2D eigenvalue weighted by Gasteiger charge is -2.17. The van der Waals surface area contributed by atoms with E-state index in [0.29, 0.717) is 6.54 Å². The fourth-order valence-corrected chi connectivity index (χ4v) is 2.00. The van der Waals surface area contributed by atoms with Crippen molar-refractivity contribution in [2.45, 2.75) is 33.1 Å². The van der Waals surface area contributed by atoms with Crippen LogP contribution in [0.4, 0.5) is 0 Å². The number of nitrogens with zero attached hydrogens (tertiary/aromatic N) is 1. The van der Waals surface area contributed by atoms with Gasteiger partial charge in [-0.15, -0.1) is 0 Å². The molecule has 0 fully saturated rings. The van der Waals surface area contributed by atoms with E-state index in [9.17, 15) is 4.79 Å². The minimum absolute atomic E-state index is 0.0718. The molecule has 0 heterocycles. The van der Waals surface area contributed by atoms with Gasteiger partial charge in [-0.25, -0.2) is 0 Å². The van der Waals surface area contributed by atoms with Crippen molar-refractivity contribution in [2.75, 3.05) is 20.1 Å². The zero-order chi connectivity index (χ0) is 15.0. The largest absolute Gasteiger partial charge is 0.342 e. The van der Waals surface area contributed by atoms with Crippen molar-refractivity contribution in [2.24, 2.45) is 5.73 Å². The number of nitrogens with two attached hydrogens (primary N) is 1. The number of carbonyl (C=O) groups is 1. The van der Waals surface area contributed by atoms with E-state index in [1.165, 1.54) is 0 Å². The van der Waals surface area contributed by atoms with Crippen LogP contribution in [0.2, 0.25) is 0 Å². The first-order valence-electron chi connectivity index (χ1n) is 7.15. The van der Waals surface area contributed by atoms with Crippen LogP contribution < -0.4 is 5.73 Å². The topological polar surface area (TPSA) is 46.3 Å². The molecule has 0 saturated carbocycles. The monoisotopic (exact) mass is 272 g/mol. The highest BCUT2D eigenvalue weighted by Crippen LogP contribution is 2.12. The minimum Gasteiger partial charge on any atom is -0.342 e.